The monoisotopic (exact) mass is 695 g/mol. The lowest BCUT2D eigenvalue weighted by atomic mass is 10.1. The third kappa shape index (κ3) is 8.52. The van der Waals surface area contributed by atoms with Crippen LogP contribution in [0.2, 0.25) is 0 Å². The van der Waals surface area contributed by atoms with E-state index in [0.29, 0.717) is 38.2 Å². The highest BCUT2D eigenvalue weighted by atomic mass is 16.6. The Morgan fingerprint density at radius 1 is 0.900 bits per heavy atom. The first-order valence-electron chi connectivity index (χ1n) is 17.2. The zero-order valence-electron chi connectivity index (χ0n) is 28.5. The van der Waals surface area contributed by atoms with Crippen LogP contribution in [0.1, 0.15) is 62.9 Å². The number of benzene rings is 1. The van der Waals surface area contributed by atoms with Crippen LogP contribution in [0.4, 0.5) is 4.79 Å². The van der Waals surface area contributed by atoms with Gasteiger partial charge in [-0.05, 0) is 58.1 Å². The zero-order chi connectivity index (χ0) is 35.8. The lowest BCUT2D eigenvalue weighted by Gasteiger charge is -2.35. The molecule has 0 spiro atoms. The molecule has 3 fully saturated rings. The Labute approximate surface area is 290 Å². The Morgan fingerprint density at radius 2 is 1.58 bits per heavy atom. The molecular formula is C34H45N7O9. The molecule has 5 amide bonds. The molecule has 0 saturated carbocycles. The molecule has 0 radical (unpaired) electrons. The van der Waals surface area contributed by atoms with Gasteiger partial charge in [0.05, 0.1) is 12.3 Å². The summed E-state index contributed by atoms with van der Waals surface area (Å²) >= 11 is 0. The average molecular weight is 696 g/mol. The van der Waals surface area contributed by atoms with E-state index in [0.717, 1.165) is 12.8 Å². The van der Waals surface area contributed by atoms with Crippen LogP contribution in [0.25, 0.3) is 5.69 Å². The van der Waals surface area contributed by atoms with Crippen molar-refractivity contribution < 1.29 is 43.3 Å². The molecule has 4 heterocycles. The summed E-state index contributed by atoms with van der Waals surface area (Å²) in [5.41, 5.74) is 0.425. The molecule has 1 aromatic carbocycles. The fourth-order valence-corrected chi connectivity index (χ4v) is 6.52. The van der Waals surface area contributed by atoms with Gasteiger partial charge in [0.15, 0.2) is 11.8 Å². The van der Waals surface area contributed by atoms with Gasteiger partial charge < -0.3 is 39.5 Å². The summed E-state index contributed by atoms with van der Waals surface area (Å²) in [5.74, 6) is -2.66. The van der Waals surface area contributed by atoms with Crippen LogP contribution in [-0.2, 0) is 23.9 Å². The van der Waals surface area contributed by atoms with E-state index in [9.17, 15) is 33.9 Å². The molecule has 270 valence electrons. The molecule has 3 saturated heterocycles. The molecule has 3 aliphatic rings. The number of carbonyl (C=O) groups excluding carboxylic acids is 5. The summed E-state index contributed by atoms with van der Waals surface area (Å²) in [6.07, 6.45) is 1.16. The highest BCUT2D eigenvalue weighted by Gasteiger charge is 2.39. The zero-order valence-corrected chi connectivity index (χ0v) is 28.5. The van der Waals surface area contributed by atoms with Crippen LogP contribution in [0.15, 0.2) is 36.4 Å². The molecule has 50 heavy (non-hydrogen) atoms. The molecule has 2 aromatic rings. The normalized spacial score (nSPS) is 18.8. The number of para-hydroxylation sites is 1. The number of nitrogens with zero attached hydrogens (tertiary/aromatic N) is 6. The third-order valence-corrected chi connectivity index (χ3v) is 9.16. The van der Waals surface area contributed by atoms with Gasteiger partial charge in [-0.25, -0.2) is 9.48 Å². The van der Waals surface area contributed by atoms with Gasteiger partial charge in [-0.15, -0.1) is 0 Å². The van der Waals surface area contributed by atoms with E-state index >= 15 is 0 Å². The Morgan fingerprint density at radius 3 is 2.24 bits per heavy atom. The van der Waals surface area contributed by atoms with Crippen LogP contribution in [0.5, 0.6) is 5.88 Å². The Balaban J connectivity index is 1.31. The van der Waals surface area contributed by atoms with Crippen molar-refractivity contribution in [3.8, 4) is 11.6 Å². The van der Waals surface area contributed by atoms with E-state index in [4.69, 9.17) is 9.47 Å². The predicted molar refractivity (Wildman–Crippen MR) is 178 cm³/mol. The first-order chi connectivity index (χ1) is 24.1. The maximum absolute atomic E-state index is 13.7. The molecular weight excluding hydrogens is 650 g/mol. The number of nitrogens with one attached hydrogen (secondary N) is 1. The number of aromatic nitrogens is 2. The molecule has 1 aromatic heterocycles. The van der Waals surface area contributed by atoms with E-state index in [1.54, 1.807) is 43.0 Å². The topological polar surface area (TPSA) is 184 Å². The van der Waals surface area contributed by atoms with Gasteiger partial charge in [-0.1, -0.05) is 18.2 Å². The van der Waals surface area contributed by atoms with Crippen molar-refractivity contribution in [3.63, 3.8) is 0 Å². The number of hydrogen-bond donors (Lipinski definition) is 2. The molecule has 0 aliphatic carbocycles. The van der Waals surface area contributed by atoms with Crippen LogP contribution < -0.4 is 10.1 Å². The highest BCUT2D eigenvalue weighted by molar-refractivity contribution is 5.96. The first kappa shape index (κ1) is 36.1. The van der Waals surface area contributed by atoms with Gasteiger partial charge in [0, 0.05) is 58.3 Å². The first-order valence-corrected chi connectivity index (χ1v) is 17.2. The Hall–Kier alpha value is -5.15. The summed E-state index contributed by atoms with van der Waals surface area (Å²) in [5, 5.41) is 16.4. The van der Waals surface area contributed by atoms with Crippen molar-refractivity contribution in [3.05, 3.63) is 42.1 Å². The Bertz CT molecular complexity index is 1550. The maximum atomic E-state index is 13.7. The number of amides is 5. The second-order valence-electron chi connectivity index (χ2n) is 12.6. The van der Waals surface area contributed by atoms with E-state index in [-0.39, 0.29) is 69.0 Å². The lowest BCUT2D eigenvalue weighted by molar-refractivity contribution is -0.147. The number of rotatable bonds is 12. The SMILES string of the molecule is CCOC(=O)N1CCN(C(=O)C(CCC(=O)O)NC(=O)c2cc(O[C@@H](C)C(=O)N3CCCC3C(=O)N3CCCC3)n(-c3ccccc3)n2)CC1. The molecule has 16 heteroatoms. The number of aliphatic carboxylic acids is 1. The summed E-state index contributed by atoms with van der Waals surface area (Å²) in [7, 11) is 0. The predicted octanol–water partition coefficient (Wildman–Crippen LogP) is 1.52. The number of ether oxygens (including phenoxy) is 2. The van der Waals surface area contributed by atoms with Crippen molar-refractivity contribution in [1.82, 2.24) is 34.7 Å². The summed E-state index contributed by atoms with van der Waals surface area (Å²) in [6.45, 7) is 6.17. The number of hydrogen-bond acceptors (Lipinski definition) is 9. The minimum atomic E-state index is -1.18. The van der Waals surface area contributed by atoms with Crippen molar-refractivity contribution in [1.29, 1.82) is 0 Å². The molecule has 5 rings (SSSR count). The smallest absolute Gasteiger partial charge is 0.409 e. The minimum Gasteiger partial charge on any atom is -0.481 e. The minimum absolute atomic E-state index is 0.0401. The van der Waals surface area contributed by atoms with Crippen LogP contribution in [-0.4, -0.2) is 141 Å². The fourth-order valence-electron chi connectivity index (χ4n) is 6.52. The molecule has 3 aliphatic heterocycles. The number of likely N-dealkylation sites (tertiary alicyclic amines) is 2. The number of carboxylic acid groups (broad SMARTS) is 1. The van der Waals surface area contributed by atoms with Gasteiger partial charge in [0.1, 0.15) is 12.1 Å². The van der Waals surface area contributed by atoms with E-state index in [2.05, 4.69) is 10.4 Å². The lowest BCUT2D eigenvalue weighted by Crippen LogP contribution is -2.56. The molecule has 16 nitrogen and oxygen atoms in total. The molecule has 3 atom stereocenters. The fraction of sp³-hybridized carbons (Fsp3) is 0.559. The molecule has 0 bridgehead atoms. The van der Waals surface area contributed by atoms with Gasteiger partial charge in [-0.2, -0.15) is 5.10 Å². The van der Waals surface area contributed by atoms with Crippen LogP contribution in [0, 0.1) is 0 Å². The number of carbonyl (C=O) groups is 6. The molecule has 2 N–H and O–H groups in total. The van der Waals surface area contributed by atoms with Crippen LogP contribution >= 0.6 is 0 Å². The van der Waals surface area contributed by atoms with Crippen molar-refractivity contribution in [2.24, 2.45) is 0 Å². The standard InChI is InChI=1S/C34H45N7O9/c1-3-49-34(48)39-20-18-38(19-21-39)32(46)25(13-14-29(42)43)35-30(44)26-22-28(41(36-26)24-10-5-4-6-11-24)50-23(2)31(45)40-17-9-12-27(40)33(47)37-15-7-8-16-37/h4-6,10-11,22-23,25,27H,3,7-9,12-21H2,1-2H3,(H,35,44)(H,42,43)/t23-,25?,27?/m0/s1. The Kier molecular flexibility index (Phi) is 11.9. The van der Waals surface area contributed by atoms with Gasteiger partial charge in [0.25, 0.3) is 11.8 Å². The summed E-state index contributed by atoms with van der Waals surface area (Å²) in [4.78, 5) is 83.9. The third-order valence-electron chi connectivity index (χ3n) is 9.16. The number of piperazine rings is 1. The van der Waals surface area contributed by atoms with E-state index < -0.39 is 42.1 Å². The van der Waals surface area contributed by atoms with Crippen LogP contribution in [0.3, 0.4) is 0 Å². The largest absolute Gasteiger partial charge is 0.481 e. The van der Waals surface area contributed by atoms with Crippen molar-refractivity contribution in [2.75, 3.05) is 52.4 Å². The second kappa shape index (κ2) is 16.5. The highest BCUT2D eigenvalue weighted by Crippen LogP contribution is 2.26. The maximum Gasteiger partial charge on any atom is 0.409 e. The van der Waals surface area contributed by atoms with Gasteiger partial charge in [-0.3, -0.25) is 24.0 Å². The second-order valence-corrected chi connectivity index (χ2v) is 12.6. The summed E-state index contributed by atoms with van der Waals surface area (Å²) < 4.78 is 12.6. The van der Waals surface area contributed by atoms with Crippen molar-refractivity contribution in [2.45, 2.75) is 70.6 Å². The number of carboxylic acids is 1. The van der Waals surface area contributed by atoms with E-state index in [1.165, 1.54) is 20.5 Å². The molecule has 2 unspecified atom stereocenters. The quantitative estimate of drug-likeness (QED) is 0.330. The average Bonchev–Trinajstić information content (AvgIpc) is 3.92. The van der Waals surface area contributed by atoms with E-state index in [1.807, 2.05) is 11.0 Å². The summed E-state index contributed by atoms with van der Waals surface area (Å²) in [6, 6.07) is 8.48. The van der Waals surface area contributed by atoms with Gasteiger partial charge in [0.2, 0.25) is 17.7 Å². The van der Waals surface area contributed by atoms with Gasteiger partial charge >= 0.3 is 12.1 Å². The van der Waals surface area contributed by atoms with Crippen molar-refractivity contribution >= 4 is 35.7 Å².